The summed E-state index contributed by atoms with van der Waals surface area (Å²) in [5.41, 5.74) is 3.25. The molecule has 0 bridgehead atoms. The zero-order valence-electron chi connectivity index (χ0n) is 14.8. The Balaban J connectivity index is 1.23. The molecular formula is C20H16N4O4. The molecule has 0 radical (unpaired) electrons. The van der Waals surface area contributed by atoms with Crippen molar-refractivity contribution in [3.8, 4) is 22.8 Å². The summed E-state index contributed by atoms with van der Waals surface area (Å²) in [6.45, 7) is 0.686. The van der Waals surface area contributed by atoms with E-state index in [1.165, 1.54) is 0 Å². The van der Waals surface area contributed by atoms with Gasteiger partial charge in [-0.25, -0.2) is 4.98 Å². The van der Waals surface area contributed by atoms with Crippen LogP contribution in [0.15, 0.2) is 59.4 Å². The van der Waals surface area contributed by atoms with Crippen molar-refractivity contribution in [3.63, 3.8) is 0 Å². The molecule has 0 unspecified atom stereocenters. The molecule has 3 heterocycles. The van der Waals surface area contributed by atoms with Crippen LogP contribution in [0.3, 0.4) is 0 Å². The normalized spacial score (nSPS) is 12.4. The van der Waals surface area contributed by atoms with E-state index in [2.05, 4.69) is 15.5 Å². The van der Waals surface area contributed by atoms with Gasteiger partial charge in [0.25, 0.3) is 0 Å². The first-order valence-corrected chi connectivity index (χ1v) is 8.78. The van der Waals surface area contributed by atoms with Crippen LogP contribution in [0.5, 0.6) is 11.5 Å². The molecule has 2 aromatic carbocycles. The molecule has 28 heavy (non-hydrogen) atoms. The standard InChI is InChI=1S/C20H16N4O4/c25-20(10-24-11-22-15-3-1-2-4-16(15)24)21-9-14-8-18(28-23-14)13-5-6-17-19(7-13)27-12-26-17/h1-8,11H,9-10,12H2,(H,21,25). The van der Waals surface area contributed by atoms with E-state index < -0.39 is 0 Å². The van der Waals surface area contributed by atoms with Crippen LogP contribution in [-0.2, 0) is 17.9 Å². The van der Waals surface area contributed by atoms with Gasteiger partial charge in [-0.15, -0.1) is 0 Å². The third-order valence-corrected chi connectivity index (χ3v) is 4.52. The van der Waals surface area contributed by atoms with Crippen molar-refractivity contribution in [2.45, 2.75) is 13.1 Å². The zero-order chi connectivity index (χ0) is 18.9. The third kappa shape index (κ3) is 3.05. The van der Waals surface area contributed by atoms with E-state index in [-0.39, 0.29) is 25.8 Å². The average molecular weight is 376 g/mol. The number of rotatable bonds is 5. The number of hydrogen-bond donors (Lipinski definition) is 1. The molecule has 5 rings (SSSR count). The first-order valence-electron chi connectivity index (χ1n) is 8.78. The predicted octanol–water partition coefficient (Wildman–Crippen LogP) is 2.74. The Morgan fingerprint density at radius 2 is 2.00 bits per heavy atom. The number of para-hydroxylation sites is 2. The van der Waals surface area contributed by atoms with E-state index in [9.17, 15) is 4.79 Å². The Hall–Kier alpha value is -3.81. The van der Waals surface area contributed by atoms with E-state index in [4.69, 9.17) is 14.0 Å². The maximum Gasteiger partial charge on any atom is 0.240 e. The molecule has 8 heteroatoms. The van der Waals surface area contributed by atoms with Crippen LogP contribution in [0.25, 0.3) is 22.4 Å². The quantitative estimate of drug-likeness (QED) is 0.576. The fraction of sp³-hybridized carbons (Fsp3) is 0.150. The van der Waals surface area contributed by atoms with Gasteiger partial charge < -0.3 is 23.9 Å². The molecule has 8 nitrogen and oxygen atoms in total. The lowest BCUT2D eigenvalue weighted by atomic mass is 10.1. The Morgan fingerprint density at radius 1 is 1.11 bits per heavy atom. The van der Waals surface area contributed by atoms with Crippen molar-refractivity contribution < 1.29 is 18.8 Å². The van der Waals surface area contributed by atoms with Gasteiger partial charge in [0.05, 0.1) is 23.9 Å². The monoisotopic (exact) mass is 376 g/mol. The highest BCUT2D eigenvalue weighted by molar-refractivity contribution is 5.80. The number of nitrogens with one attached hydrogen (secondary N) is 1. The Kier molecular flexibility index (Phi) is 3.93. The molecule has 4 aromatic rings. The SMILES string of the molecule is O=C(Cn1cnc2ccccc21)NCc1cc(-c2ccc3c(c2)OCO3)on1. The second-order valence-electron chi connectivity index (χ2n) is 6.39. The van der Waals surface area contributed by atoms with Crippen LogP contribution in [-0.4, -0.2) is 27.4 Å². The Bertz CT molecular complexity index is 1160. The number of ether oxygens (including phenoxy) is 2. The number of aromatic nitrogens is 3. The fourth-order valence-corrected chi connectivity index (χ4v) is 3.12. The van der Waals surface area contributed by atoms with E-state index in [1.54, 1.807) is 12.4 Å². The summed E-state index contributed by atoms with van der Waals surface area (Å²) in [7, 11) is 0. The van der Waals surface area contributed by atoms with Crippen molar-refractivity contribution >= 4 is 16.9 Å². The van der Waals surface area contributed by atoms with E-state index in [0.717, 1.165) is 16.6 Å². The van der Waals surface area contributed by atoms with Gasteiger partial charge in [-0.1, -0.05) is 17.3 Å². The number of carbonyl (C=O) groups excluding carboxylic acids is 1. The summed E-state index contributed by atoms with van der Waals surface area (Å²) in [5.74, 6) is 1.86. The van der Waals surface area contributed by atoms with Crippen LogP contribution >= 0.6 is 0 Å². The largest absolute Gasteiger partial charge is 0.454 e. The maximum absolute atomic E-state index is 12.3. The molecule has 0 fully saturated rings. The van der Waals surface area contributed by atoms with E-state index >= 15 is 0 Å². The van der Waals surface area contributed by atoms with Gasteiger partial charge in [-0.2, -0.15) is 0 Å². The number of nitrogens with zero attached hydrogens (tertiary/aromatic N) is 3. The lowest BCUT2D eigenvalue weighted by molar-refractivity contribution is -0.121. The number of carbonyl (C=O) groups is 1. The topological polar surface area (TPSA) is 91.4 Å². The van der Waals surface area contributed by atoms with Gasteiger partial charge in [0.2, 0.25) is 12.7 Å². The van der Waals surface area contributed by atoms with Gasteiger partial charge in [0, 0.05) is 11.6 Å². The number of hydrogen-bond acceptors (Lipinski definition) is 6. The number of amides is 1. The molecule has 0 aliphatic carbocycles. The molecule has 0 atom stereocenters. The molecule has 1 aliphatic heterocycles. The summed E-state index contributed by atoms with van der Waals surface area (Å²) < 4.78 is 17.9. The number of imidazole rings is 1. The van der Waals surface area contributed by atoms with Crippen LogP contribution in [0.2, 0.25) is 0 Å². The zero-order valence-corrected chi connectivity index (χ0v) is 14.8. The number of fused-ring (bicyclic) bond motifs is 2. The van der Waals surface area contributed by atoms with Crippen LogP contribution < -0.4 is 14.8 Å². The summed E-state index contributed by atoms with van der Waals surface area (Å²) in [4.78, 5) is 16.6. The van der Waals surface area contributed by atoms with E-state index in [0.29, 0.717) is 23.0 Å². The van der Waals surface area contributed by atoms with E-state index in [1.807, 2.05) is 47.0 Å². The van der Waals surface area contributed by atoms with Crippen molar-refractivity contribution in [3.05, 3.63) is 60.6 Å². The highest BCUT2D eigenvalue weighted by atomic mass is 16.7. The molecule has 1 aliphatic rings. The number of benzene rings is 2. The molecule has 0 saturated carbocycles. The smallest absolute Gasteiger partial charge is 0.240 e. The van der Waals surface area contributed by atoms with Gasteiger partial charge >= 0.3 is 0 Å². The van der Waals surface area contributed by atoms with Crippen LogP contribution in [0.1, 0.15) is 5.69 Å². The summed E-state index contributed by atoms with van der Waals surface area (Å²) >= 11 is 0. The van der Waals surface area contributed by atoms with Crippen molar-refractivity contribution in [1.29, 1.82) is 0 Å². The van der Waals surface area contributed by atoms with Crippen molar-refractivity contribution in [2.24, 2.45) is 0 Å². The molecule has 0 spiro atoms. The van der Waals surface area contributed by atoms with Crippen molar-refractivity contribution in [1.82, 2.24) is 20.0 Å². The lowest BCUT2D eigenvalue weighted by Gasteiger charge is -2.05. The Morgan fingerprint density at radius 3 is 2.96 bits per heavy atom. The maximum atomic E-state index is 12.3. The highest BCUT2D eigenvalue weighted by Gasteiger charge is 2.16. The minimum absolute atomic E-state index is 0.129. The summed E-state index contributed by atoms with van der Waals surface area (Å²) in [5, 5.41) is 6.88. The summed E-state index contributed by atoms with van der Waals surface area (Å²) in [6, 6.07) is 15.0. The van der Waals surface area contributed by atoms with Crippen molar-refractivity contribution in [2.75, 3.05) is 6.79 Å². The molecule has 0 saturated heterocycles. The minimum atomic E-state index is -0.129. The summed E-state index contributed by atoms with van der Waals surface area (Å²) in [6.07, 6.45) is 1.66. The van der Waals surface area contributed by atoms with Gasteiger partial charge in [-0.3, -0.25) is 4.79 Å². The lowest BCUT2D eigenvalue weighted by Crippen LogP contribution is -2.26. The molecule has 1 amide bonds. The fourth-order valence-electron chi connectivity index (χ4n) is 3.12. The minimum Gasteiger partial charge on any atom is -0.454 e. The first kappa shape index (κ1) is 16.4. The predicted molar refractivity (Wildman–Crippen MR) is 99.6 cm³/mol. The molecular weight excluding hydrogens is 360 g/mol. The van der Waals surface area contributed by atoms with Gasteiger partial charge in [0.15, 0.2) is 17.3 Å². The molecule has 1 N–H and O–H groups in total. The average Bonchev–Trinajstić information content (AvgIpc) is 3.46. The Labute approximate surface area is 159 Å². The highest BCUT2D eigenvalue weighted by Crippen LogP contribution is 2.35. The molecule has 2 aromatic heterocycles. The van der Waals surface area contributed by atoms with Gasteiger partial charge in [0.1, 0.15) is 12.2 Å². The third-order valence-electron chi connectivity index (χ3n) is 4.52. The second kappa shape index (κ2) is 6.73. The molecule has 140 valence electrons. The van der Waals surface area contributed by atoms with Gasteiger partial charge in [-0.05, 0) is 30.3 Å². The second-order valence-corrected chi connectivity index (χ2v) is 6.39. The first-order chi connectivity index (χ1) is 13.8. The van der Waals surface area contributed by atoms with Crippen LogP contribution in [0, 0.1) is 0 Å². The van der Waals surface area contributed by atoms with Crippen LogP contribution in [0.4, 0.5) is 0 Å².